The third kappa shape index (κ3) is 2.59. The molecule has 2 fully saturated rings. The van der Waals surface area contributed by atoms with E-state index in [1.807, 2.05) is 0 Å². The number of hydrogen-bond donors (Lipinski definition) is 1. The highest BCUT2D eigenvalue weighted by Gasteiger charge is 2.45. The Balaban J connectivity index is 2.04. The van der Waals surface area contributed by atoms with Crippen LogP contribution in [0.5, 0.6) is 0 Å². The lowest BCUT2D eigenvalue weighted by atomic mass is 9.69. The molecule has 2 atom stereocenters. The van der Waals surface area contributed by atoms with Gasteiger partial charge in [0.2, 0.25) is 0 Å². The molecule has 2 aliphatic rings. The Bertz CT molecular complexity index is 288. The van der Waals surface area contributed by atoms with E-state index in [1.54, 1.807) is 4.90 Å². The normalized spacial score (nSPS) is 38.2. The number of piperidine rings is 1. The van der Waals surface area contributed by atoms with Crippen molar-refractivity contribution in [3.05, 3.63) is 0 Å². The van der Waals surface area contributed by atoms with Gasteiger partial charge in [0.15, 0.2) is 0 Å². The van der Waals surface area contributed by atoms with Crippen LogP contribution < -0.4 is 4.90 Å². The molecule has 90 valence electrons. The van der Waals surface area contributed by atoms with Crippen molar-refractivity contribution < 1.29 is 9.64 Å². The molecule has 2 heterocycles. The number of rotatable bonds is 1. The van der Waals surface area contributed by atoms with E-state index in [1.165, 1.54) is 38.8 Å². The molecule has 0 bridgehead atoms. The van der Waals surface area contributed by atoms with Crippen molar-refractivity contribution in [1.29, 1.82) is 0 Å². The molecule has 2 rings (SSSR count). The van der Waals surface area contributed by atoms with Gasteiger partial charge in [-0.05, 0) is 45.5 Å². The van der Waals surface area contributed by atoms with Gasteiger partial charge in [0.05, 0.1) is 18.7 Å². The van der Waals surface area contributed by atoms with Crippen molar-refractivity contribution in [2.75, 3.05) is 26.2 Å². The summed E-state index contributed by atoms with van der Waals surface area (Å²) in [5, 5.41) is 0. The first-order valence-corrected chi connectivity index (χ1v) is 6.46. The van der Waals surface area contributed by atoms with Crippen molar-refractivity contribution >= 4 is 0 Å². The molecule has 2 nitrogen and oxygen atoms in total. The quantitative estimate of drug-likeness (QED) is 0.650. The minimum Gasteiger partial charge on any atom is -0.376 e. The molecular formula is C14H24NO+. The van der Waals surface area contributed by atoms with Crippen LogP contribution >= 0.6 is 0 Å². The number of quaternary nitrogens is 1. The highest BCUT2D eigenvalue weighted by molar-refractivity contribution is 4.92. The fourth-order valence-electron chi connectivity index (χ4n) is 3.67. The van der Waals surface area contributed by atoms with Gasteiger partial charge in [-0.25, -0.2) is 0 Å². The standard InChI is InChI=1S/C14H23NO/c1-4-8-15-9-5-6-14(12-15)7-10-16-13(2,3)11-14/h1H,5-12H2,2-3H3/p+1/t14-/m1/s1. The Morgan fingerprint density at radius 1 is 1.38 bits per heavy atom. The maximum absolute atomic E-state index is 5.84. The summed E-state index contributed by atoms with van der Waals surface area (Å²) in [5.74, 6) is 2.81. The van der Waals surface area contributed by atoms with Gasteiger partial charge in [-0.15, -0.1) is 6.42 Å². The monoisotopic (exact) mass is 222 g/mol. The summed E-state index contributed by atoms with van der Waals surface area (Å²) in [5.41, 5.74) is 0.572. The third-order valence-corrected chi connectivity index (χ3v) is 4.14. The molecule has 0 aromatic carbocycles. The molecule has 1 spiro atoms. The second kappa shape index (κ2) is 4.39. The van der Waals surface area contributed by atoms with Gasteiger partial charge in [0, 0.05) is 12.0 Å². The molecule has 1 N–H and O–H groups in total. The van der Waals surface area contributed by atoms with E-state index in [9.17, 15) is 0 Å². The largest absolute Gasteiger partial charge is 0.376 e. The first kappa shape index (κ1) is 12.0. The van der Waals surface area contributed by atoms with Crippen LogP contribution in [0.1, 0.15) is 39.5 Å². The number of likely N-dealkylation sites (tertiary alicyclic amines) is 1. The minimum atomic E-state index is 0.0663. The Kier molecular flexibility index (Phi) is 3.28. The van der Waals surface area contributed by atoms with Crippen LogP contribution in [-0.4, -0.2) is 31.8 Å². The van der Waals surface area contributed by atoms with Gasteiger partial charge in [0.25, 0.3) is 0 Å². The Hall–Kier alpha value is -0.520. The molecule has 16 heavy (non-hydrogen) atoms. The van der Waals surface area contributed by atoms with Crippen LogP contribution in [0.15, 0.2) is 0 Å². The molecule has 0 radical (unpaired) electrons. The van der Waals surface area contributed by atoms with Crippen LogP contribution in [-0.2, 0) is 4.74 Å². The third-order valence-electron chi connectivity index (χ3n) is 4.14. The zero-order valence-corrected chi connectivity index (χ0v) is 10.6. The smallest absolute Gasteiger partial charge is 0.139 e. The van der Waals surface area contributed by atoms with E-state index in [-0.39, 0.29) is 5.60 Å². The summed E-state index contributed by atoms with van der Waals surface area (Å²) < 4.78 is 5.84. The molecular weight excluding hydrogens is 198 g/mol. The SMILES string of the molecule is C#CC[NH+]1CCC[C@]2(CCOC(C)(C)C2)C1. The molecule has 2 heteroatoms. The minimum absolute atomic E-state index is 0.0663. The molecule has 0 aromatic rings. The fourth-order valence-corrected chi connectivity index (χ4v) is 3.67. The molecule has 0 aliphatic carbocycles. The fraction of sp³-hybridized carbons (Fsp3) is 0.857. The molecule has 1 unspecified atom stereocenters. The number of hydrogen-bond acceptors (Lipinski definition) is 1. The summed E-state index contributed by atoms with van der Waals surface area (Å²) in [4.78, 5) is 1.60. The summed E-state index contributed by atoms with van der Waals surface area (Å²) in [6, 6.07) is 0. The zero-order valence-electron chi connectivity index (χ0n) is 10.6. The summed E-state index contributed by atoms with van der Waals surface area (Å²) in [6.07, 6.45) is 10.6. The maximum atomic E-state index is 5.84. The Labute approximate surface area is 99.3 Å². The zero-order chi connectivity index (χ0) is 11.6. The van der Waals surface area contributed by atoms with Crippen molar-refractivity contribution in [3.8, 4) is 12.3 Å². The van der Waals surface area contributed by atoms with E-state index >= 15 is 0 Å². The summed E-state index contributed by atoms with van der Waals surface area (Å²) in [7, 11) is 0. The van der Waals surface area contributed by atoms with Gasteiger partial charge in [-0.3, -0.25) is 0 Å². The second-order valence-corrected chi connectivity index (χ2v) is 6.20. The number of terminal acetylenes is 1. The van der Waals surface area contributed by atoms with Gasteiger partial charge < -0.3 is 9.64 Å². The average molecular weight is 222 g/mol. The van der Waals surface area contributed by atoms with E-state index in [4.69, 9.17) is 11.2 Å². The predicted octanol–water partition coefficient (Wildman–Crippen LogP) is 0.874. The van der Waals surface area contributed by atoms with Crippen molar-refractivity contribution in [2.24, 2.45) is 5.41 Å². The van der Waals surface area contributed by atoms with Crippen molar-refractivity contribution in [1.82, 2.24) is 0 Å². The summed E-state index contributed by atoms with van der Waals surface area (Å²) >= 11 is 0. The maximum Gasteiger partial charge on any atom is 0.139 e. The molecule has 2 aliphatic heterocycles. The van der Waals surface area contributed by atoms with E-state index in [0.29, 0.717) is 5.41 Å². The van der Waals surface area contributed by atoms with Crippen molar-refractivity contribution in [2.45, 2.75) is 45.1 Å². The van der Waals surface area contributed by atoms with Crippen LogP contribution in [0.2, 0.25) is 0 Å². The van der Waals surface area contributed by atoms with E-state index < -0.39 is 0 Å². The van der Waals surface area contributed by atoms with Crippen LogP contribution in [0, 0.1) is 17.8 Å². The predicted molar refractivity (Wildman–Crippen MR) is 65.3 cm³/mol. The highest BCUT2D eigenvalue weighted by atomic mass is 16.5. The van der Waals surface area contributed by atoms with Crippen LogP contribution in [0.3, 0.4) is 0 Å². The Morgan fingerprint density at radius 2 is 2.19 bits per heavy atom. The van der Waals surface area contributed by atoms with E-state index in [2.05, 4.69) is 19.8 Å². The van der Waals surface area contributed by atoms with Crippen LogP contribution in [0.25, 0.3) is 0 Å². The van der Waals surface area contributed by atoms with Gasteiger partial charge >= 0.3 is 0 Å². The van der Waals surface area contributed by atoms with Gasteiger partial charge in [0.1, 0.15) is 6.54 Å². The lowest BCUT2D eigenvalue weighted by molar-refractivity contribution is -0.906. The molecule has 0 aromatic heterocycles. The second-order valence-electron chi connectivity index (χ2n) is 6.20. The lowest BCUT2D eigenvalue weighted by Crippen LogP contribution is -3.14. The van der Waals surface area contributed by atoms with Gasteiger partial charge in [-0.1, -0.05) is 0 Å². The molecule has 2 saturated heterocycles. The van der Waals surface area contributed by atoms with Crippen LogP contribution in [0.4, 0.5) is 0 Å². The van der Waals surface area contributed by atoms with Crippen molar-refractivity contribution in [3.63, 3.8) is 0 Å². The van der Waals surface area contributed by atoms with E-state index in [0.717, 1.165) is 13.2 Å². The molecule has 0 saturated carbocycles. The lowest BCUT2D eigenvalue weighted by Gasteiger charge is -2.47. The molecule has 0 amide bonds. The number of ether oxygens (including phenoxy) is 1. The van der Waals surface area contributed by atoms with Gasteiger partial charge in [-0.2, -0.15) is 0 Å². The number of nitrogens with one attached hydrogen (secondary N) is 1. The summed E-state index contributed by atoms with van der Waals surface area (Å²) in [6.45, 7) is 8.78. The Morgan fingerprint density at radius 3 is 2.88 bits per heavy atom. The average Bonchev–Trinajstić information content (AvgIpc) is 2.16. The first-order chi connectivity index (χ1) is 7.55. The highest BCUT2D eigenvalue weighted by Crippen LogP contribution is 2.42. The first-order valence-electron chi connectivity index (χ1n) is 6.46. The topological polar surface area (TPSA) is 13.7 Å².